The van der Waals surface area contributed by atoms with E-state index < -0.39 is 0 Å². The third-order valence-electron chi connectivity index (χ3n) is 5.34. The molecule has 1 N–H and O–H groups in total. The van der Waals surface area contributed by atoms with Gasteiger partial charge in [-0.3, -0.25) is 4.79 Å². The monoisotopic (exact) mass is 435 g/mol. The summed E-state index contributed by atoms with van der Waals surface area (Å²) < 4.78 is 5.03. The second kappa shape index (κ2) is 7.95. The highest BCUT2D eigenvalue weighted by molar-refractivity contribution is 7.20. The maximum Gasteiger partial charge on any atom is 0.267 e. The fourth-order valence-electron chi connectivity index (χ4n) is 3.80. The van der Waals surface area contributed by atoms with Crippen molar-refractivity contribution in [2.45, 2.75) is 13.8 Å². The molecule has 1 saturated heterocycles. The number of aromatic nitrogens is 4. The molecule has 0 radical (unpaired) electrons. The fourth-order valence-corrected chi connectivity index (χ4v) is 4.83. The van der Waals surface area contributed by atoms with Gasteiger partial charge in [0.2, 0.25) is 0 Å². The number of hydrogen-bond acceptors (Lipinski definition) is 9. The topological polar surface area (TPSA) is 100 Å². The van der Waals surface area contributed by atoms with E-state index in [0.717, 1.165) is 53.6 Å². The Hall–Kier alpha value is -3.53. The maximum absolute atomic E-state index is 12.8. The van der Waals surface area contributed by atoms with Crippen LogP contribution in [0.5, 0.6) is 0 Å². The lowest BCUT2D eigenvalue weighted by atomic mass is 10.1. The molecular formula is C21H21N7O2S. The van der Waals surface area contributed by atoms with Gasteiger partial charge in [-0.1, -0.05) is 11.2 Å². The number of fused-ring (bicyclic) bond motifs is 1. The molecule has 10 heteroatoms. The predicted molar refractivity (Wildman–Crippen MR) is 120 cm³/mol. The van der Waals surface area contributed by atoms with Crippen molar-refractivity contribution in [2.24, 2.45) is 0 Å². The van der Waals surface area contributed by atoms with Gasteiger partial charge in [0, 0.05) is 38.4 Å². The lowest BCUT2D eigenvalue weighted by molar-refractivity contribution is 0.102. The van der Waals surface area contributed by atoms with Crippen LogP contribution in [0.25, 0.3) is 10.2 Å². The number of pyridine rings is 1. The second-order valence-electron chi connectivity index (χ2n) is 7.37. The number of piperazine rings is 1. The summed E-state index contributed by atoms with van der Waals surface area (Å²) in [4.78, 5) is 32.2. The van der Waals surface area contributed by atoms with E-state index >= 15 is 0 Å². The molecule has 0 aliphatic carbocycles. The number of rotatable bonds is 4. The van der Waals surface area contributed by atoms with Gasteiger partial charge in [-0.2, -0.15) is 0 Å². The number of carbonyl (C=O) groups is 1. The van der Waals surface area contributed by atoms with E-state index in [4.69, 9.17) is 4.52 Å². The van der Waals surface area contributed by atoms with E-state index in [-0.39, 0.29) is 5.91 Å². The molecule has 4 aromatic rings. The SMILES string of the molecule is Cc1cc(NC(=O)c2sc3ncnc(N4CCN(c5ccccn5)CC4)c3c2C)no1. The Labute approximate surface area is 182 Å². The van der Waals surface area contributed by atoms with Gasteiger partial charge in [-0.25, -0.2) is 15.0 Å². The molecule has 0 unspecified atom stereocenters. The fraction of sp³-hybridized carbons (Fsp3) is 0.286. The first kappa shape index (κ1) is 19.4. The van der Waals surface area contributed by atoms with E-state index in [1.54, 1.807) is 19.3 Å². The third-order valence-corrected chi connectivity index (χ3v) is 6.53. The van der Waals surface area contributed by atoms with Gasteiger partial charge in [-0.15, -0.1) is 11.3 Å². The first-order valence-corrected chi connectivity index (χ1v) is 10.8. The van der Waals surface area contributed by atoms with Gasteiger partial charge in [0.25, 0.3) is 5.91 Å². The molecular weight excluding hydrogens is 414 g/mol. The van der Waals surface area contributed by atoms with Crippen LogP contribution in [0.15, 0.2) is 41.3 Å². The van der Waals surface area contributed by atoms with Gasteiger partial charge in [0.15, 0.2) is 5.82 Å². The van der Waals surface area contributed by atoms with Crippen molar-refractivity contribution >= 4 is 44.9 Å². The molecule has 0 bridgehead atoms. The Bertz CT molecular complexity index is 1230. The zero-order chi connectivity index (χ0) is 21.4. The van der Waals surface area contributed by atoms with Crippen molar-refractivity contribution < 1.29 is 9.32 Å². The van der Waals surface area contributed by atoms with Crippen LogP contribution in [-0.2, 0) is 0 Å². The lowest BCUT2D eigenvalue weighted by Crippen LogP contribution is -2.47. The van der Waals surface area contributed by atoms with Gasteiger partial charge >= 0.3 is 0 Å². The van der Waals surface area contributed by atoms with Crippen LogP contribution < -0.4 is 15.1 Å². The van der Waals surface area contributed by atoms with Crippen molar-refractivity contribution in [3.63, 3.8) is 0 Å². The molecule has 1 fully saturated rings. The average molecular weight is 436 g/mol. The number of nitrogens with one attached hydrogen (secondary N) is 1. The van der Waals surface area contributed by atoms with Crippen molar-refractivity contribution in [1.82, 2.24) is 20.1 Å². The van der Waals surface area contributed by atoms with Crippen molar-refractivity contribution in [2.75, 3.05) is 41.3 Å². The van der Waals surface area contributed by atoms with E-state index in [9.17, 15) is 4.79 Å². The maximum atomic E-state index is 12.8. The highest BCUT2D eigenvalue weighted by Crippen LogP contribution is 2.35. The Morgan fingerprint density at radius 3 is 2.61 bits per heavy atom. The van der Waals surface area contributed by atoms with Crippen molar-refractivity contribution in [3.8, 4) is 0 Å². The summed E-state index contributed by atoms with van der Waals surface area (Å²) in [7, 11) is 0. The van der Waals surface area contributed by atoms with Crippen LogP contribution in [0.3, 0.4) is 0 Å². The largest absolute Gasteiger partial charge is 0.360 e. The second-order valence-corrected chi connectivity index (χ2v) is 8.37. The minimum absolute atomic E-state index is 0.222. The Morgan fingerprint density at radius 2 is 1.90 bits per heavy atom. The summed E-state index contributed by atoms with van der Waals surface area (Å²) in [6, 6.07) is 7.65. The van der Waals surface area contributed by atoms with Gasteiger partial charge in [0.1, 0.15) is 28.6 Å². The summed E-state index contributed by atoms with van der Waals surface area (Å²) in [5.74, 6) is 2.68. The summed E-state index contributed by atoms with van der Waals surface area (Å²) >= 11 is 1.37. The summed E-state index contributed by atoms with van der Waals surface area (Å²) in [6.07, 6.45) is 3.39. The number of nitrogens with zero attached hydrogens (tertiary/aromatic N) is 6. The van der Waals surface area contributed by atoms with E-state index in [0.29, 0.717) is 16.5 Å². The van der Waals surface area contributed by atoms with Crippen LogP contribution in [0.1, 0.15) is 21.0 Å². The number of anilines is 3. The number of hydrogen-bond donors (Lipinski definition) is 1. The molecule has 0 atom stereocenters. The summed E-state index contributed by atoms with van der Waals surface area (Å²) in [5.41, 5.74) is 0.875. The summed E-state index contributed by atoms with van der Waals surface area (Å²) in [6.45, 7) is 7.06. The van der Waals surface area contributed by atoms with Crippen LogP contribution >= 0.6 is 11.3 Å². The van der Waals surface area contributed by atoms with Crippen LogP contribution in [0, 0.1) is 13.8 Å². The molecule has 0 spiro atoms. The van der Waals surface area contributed by atoms with Crippen molar-refractivity contribution in [1.29, 1.82) is 0 Å². The molecule has 5 heterocycles. The van der Waals surface area contributed by atoms with Gasteiger partial charge in [0.05, 0.1) is 10.3 Å². The van der Waals surface area contributed by atoms with Gasteiger partial charge in [-0.05, 0) is 31.5 Å². The van der Waals surface area contributed by atoms with Crippen LogP contribution in [-0.4, -0.2) is 52.2 Å². The molecule has 5 rings (SSSR count). The van der Waals surface area contributed by atoms with Crippen molar-refractivity contribution in [3.05, 3.63) is 53.0 Å². The normalized spacial score (nSPS) is 14.3. The Morgan fingerprint density at radius 1 is 1.10 bits per heavy atom. The molecule has 9 nitrogen and oxygen atoms in total. The molecule has 31 heavy (non-hydrogen) atoms. The minimum Gasteiger partial charge on any atom is -0.360 e. The molecule has 158 valence electrons. The first-order chi connectivity index (χ1) is 15.1. The van der Waals surface area contributed by atoms with E-state index in [2.05, 4.69) is 35.2 Å². The highest BCUT2D eigenvalue weighted by Gasteiger charge is 2.25. The quantitative estimate of drug-likeness (QED) is 0.521. The third kappa shape index (κ3) is 3.70. The zero-order valence-corrected chi connectivity index (χ0v) is 18.0. The number of carbonyl (C=O) groups excluding carboxylic acids is 1. The summed E-state index contributed by atoms with van der Waals surface area (Å²) in [5, 5.41) is 7.57. The predicted octanol–water partition coefficient (Wildman–Crippen LogP) is 3.27. The Kier molecular flexibility index (Phi) is 4.99. The van der Waals surface area contributed by atoms with Gasteiger partial charge < -0.3 is 19.6 Å². The molecule has 1 amide bonds. The standard InChI is InChI=1S/C21H21N7O2S/c1-13-11-15(26-30-13)25-20(29)18-14(2)17-19(23-12-24-21(17)31-18)28-9-7-27(8-10-28)16-5-3-4-6-22-16/h3-6,11-12H,7-10H2,1-2H3,(H,25,26,29). The molecule has 0 saturated carbocycles. The molecule has 1 aliphatic rings. The van der Waals surface area contributed by atoms with Crippen LogP contribution in [0.4, 0.5) is 17.5 Å². The average Bonchev–Trinajstić information content (AvgIpc) is 3.37. The first-order valence-electron chi connectivity index (χ1n) is 10.00. The zero-order valence-electron chi connectivity index (χ0n) is 17.2. The minimum atomic E-state index is -0.222. The smallest absolute Gasteiger partial charge is 0.267 e. The number of thiophene rings is 1. The van der Waals surface area contributed by atoms with E-state index in [1.165, 1.54) is 11.3 Å². The highest BCUT2D eigenvalue weighted by atomic mass is 32.1. The number of aryl methyl sites for hydroxylation is 2. The molecule has 1 aliphatic heterocycles. The van der Waals surface area contributed by atoms with Crippen LogP contribution in [0.2, 0.25) is 0 Å². The van der Waals surface area contributed by atoms with E-state index in [1.807, 2.05) is 31.3 Å². The number of amides is 1. The molecule has 0 aromatic carbocycles. The molecule has 4 aromatic heterocycles. The lowest BCUT2D eigenvalue weighted by Gasteiger charge is -2.36. The Balaban J connectivity index is 1.39.